The zero-order valence-corrected chi connectivity index (χ0v) is 11.1. The van der Waals surface area contributed by atoms with Crippen LogP contribution in [-0.4, -0.2) is 31.8 Å². The highest BCUT2D eigenvalue weighted by Crippen LogP contribution is 2.27. The quantitative estimate of drug-likeness (QED) is 0.785. The van der Waals surface area contributed by atoms with E-state index in [-0.39, 0.29) is 18.2 Å². The van der Waals surface area contributed by atoms with Crippen LogP contribution in [0.5, 0.6) is 0 Å². The number of anilines is 2. The molecule has 1 aromatic rings. The Hall–Kier alpha value is -1.55. The van der Waals surface area contributed by atoms with Crippen molar-refractivity contribution in [1.29, 1.82) is 0 Å². The molecule has 0 radical (unpaired) electrons. The number of nitrogens with zero attached hydrogens (tertiary/aromatic N) is 2. The largest absolute Gasteiger partial charge is 0.378 e. The molecule has 2 rings (SSSR count). The molecule has 0 bridgehead atoms. The predicted molar refractivity (Wildman–Crippen MR) is 72.1 cm³/mol. The molecular formula is C13H15ClN2O2. The Morgan fingerprint density at radius 2 is 1.94 bits per heavy atom. The normalized spacial score (nSPS) is 19.2. The summed E-state index contributed by atoms with van der Waals surface area (Å²) < 4.78 is 0. The number of amides is 1. The van der Waals surface area contributed by atoms with Crippen molar-refractivity contribution in [1.82, 2.24) is 0 Å². The summed E-state index contributed by atoms with van der Waals surface area (Å²) in [6.07, 6.45) is 0.206. The molecule has 1 fully saturated rings. The molecule has 0 N–H and O–H groups in total. The lowest BCUT2D eigenvalue weighted by Crippen LogP contribution is -2.25. The second kappa shape index (κ2) is 4.98. The fourth-order valence-electron chi connectivity index (χ4n) is 2.04. The SMILES string of the molecule is CN(C)c1ccc(N2CC(C(=O)Cl)CC2=O)cc1. The van der Waals surface area contributed by atoms with Crippen LogP contribution < -0.4 is 9.80 Å². The second-order valence-electron chi connectivity index (χ2n) is 4.62. The molecule has 1 heterocycles. The maximum atomic E-state index is 11.8. The lowest BCUT2D eigenvalue weighted by molar-refractivity contribution is -0.120. The molecule has 1 aliphatic rings. The van der Waals surface area contributed by atoms with Crippen molar-refractivity contribution >= 4 is 34.1 Å². The van der Waals surface area contributed by atoms with Gasteiger partial charge in [-0.2, -0.15) is 0 Å². The summed E-state index contributed by atoms with van der Waals surface area (Å²) in [5.74, 6) is -0.431. The van der Waals surface area contributed by atoms with Gasteiger partial charge in [0.2, 0.25) is 11.1 Å². The topological polar surface area (TPSA) is 40.6 Å². The summed E-state index contributed by atoms with van der Waals surface area (Å²) in [5.41, 5.74) is 1.88. The number of halogens is 1. The highest BCUT2D eigenvalue weighted by molar-refractivity contribution is 6.64. The van der Waals surface area contributed by atoms with Crippen molar-refractivity contribution in [2.45, 2.75) is 6.42 Å². The van der Waals surface area contributed by atoms with Crippen LogP contribution in [0.25, 0.3) is 0 Å². The Balaban J connectivity index is 2.17. The van der Waals surface area contributed by atoms with Crippen LogP contribution in [-0.2, 0) is 9.59 Å². The van der Waals surface area contributed by atoms with Crippen molar-refractivity contribution in [3.05, 3.63) is 24.3 Å². The lowest BCUT2D eigenvalue weighted by atomic mass is 10.1. The van der Waals surface area contributed by atoms with Crippen LogP contribution in [0.4, 0.5) is 11.4 Å². The van der Waals surface area contributed by atoms with E-state index in [4.69, 9.17) is 11.6 Å². The first-order valence-electron chi connectivity index (χ1n) is 5.76. The van der Waals surface area contributed by atoms with Crippen LogP contribution in [0.2, 0.25) is 0 Å². The number of benzene rings is 1. The summed E-state index contributed by atoms with van der Waals surface area (Å²) >= 11 is 5.44. The fourth-order valence-corrected chi connectivity index (χ4v) is 2.19. The molecule has 0 aliphatic carbocycles. The molecule has 1 aromatic carbocycles. The van der Waals surface area contributed by atoms with Gasteiger partial charge in [0, 0.05) is 38.4 Å². The van der Waals surface area contributed by atoms with E-state index in [1.807, 2.05) is 43.3 Å². The first-order chi connectivity index (χ1) is 8.49. The molecular weight excluding hydrogens is 252 g/mol. The molecule has 0 spiro atoms. The van der Waals surface area contributed by atoms with Crippen LogP contribution in [0.15, 0.2) is 24.3 Å². The van der Waals surface area contributed by atoms with E-state index in [2.05, 4.69) is 0 Å². The maximum Gasteiger partial charge on any atom is 0.227 e. The van der Waals surface area contributed by atoms with Gasteiger partial charge in [-0.15, -0.1) is 0 Å². The van der Waals surface area contributed by atoms with Crippen molar-refractivity contribution in [3.63, 3.8) is 0 Å². The Labute approximate surface area is 111 Å². The molecule has 18 heavy (non-hydrogen) atoms. The Morgan fingerprint density at radius 1 is 1.33 bits per heavy atom. The molecule has 4 nitrogen and oxygen atoms in total. The Bertz CT molecular complexity index is 470. The highest BCUT2D eigenvalue weighted by Gasteiger charge is 2.34. The molecule has 1 atom stereocenters. The van der Waals surface area contributed by atoms with E-state index >= 15 is 0 Å². The molecule has 5 heteroatoms. The van der Waals surface area contributed by atoms with E-state index in [1.54, 1.807) is 4.90 Å². The average molecular weight is 267 g/mol. The van der Waals surface area contributed by atoms with E-state index in [0.717, 1.165) is 11.4 Å². The molecule has 0 saturated carbocycles. The van der Waals surface area contributed by atoms with Gasteiger partial charge in [0.05, 0.1) is 5.92 Å². The Morgan fingerprint density at radius 3 is 2.39 bits per heavy atom. The molecule has 0 aromatic heterocycles. The van der Waals surface area contributed by atoms with Gasteiger partial charge in [-0.1, -0.05) is 0 Å². The minimum Gasteiger partial charge on any atom is -0.378 e. The van der Waals surface area contributed by atoms with Gasteiger partial charge in [-0.05, 0) is 35.9 Å². The average Bonchev–Trinajstić information content (AvgIpc) is 2.71. The van der Waals surface area contributed by atoms with Crippen molar-refractivity contribution in [2.75, 3.05) is 30.4 Å². The van der Waals surface area contributed by atoms with Crippen LogP contribution in [0, 0.1) is 5.92 Å². The van der Waals surface area contributed by atoms with E-state index in [9.17, 15) is 9.59 Å². The van der Waals surface area contributed by atoms with Gasteiger partial charge >= 0.3 is 0 Å². The number of hydrogen-bond donors (Lipinski definition) is 0. The minimum atomic E-state index is -0.434. The summed E-state index contributed by atoms with van der Waals surface area (Å²) in [4.78, 5) is 26.5. The van der Waals surface area contributed by atoms with Gasteiger partial charge in [-0.25, -0.2) is 0 Å². The lowest BCUT2D eigenvalue weighted by Gasteiger charge is -2.18. The van der Waals surface area contributed by atoms with Crippen molar-refractivity contribution in [3.8, 4) is 0 Å². The monoisotopic (exact) mass is 266 g/mol. The van der Waals surface area contributed by atoms with Crippen LogP contribution >= 0.6 is 11.6 Å². The maximum absolute atomic E-state index is 11.8. The Kier molecular flexibility index (Phi) is 3.57. The van der Waals surface area contributed by atoms with E-state index in [0.29, 0.717) is 6.54 Å². The number of rotatable bonds is 3. The summed E-state index contributed by atoms with van der Waals surface area (Å²) in [7, 11) is 3.91. The smallest absolute Gasteiger partial charge is 0.227 e. The molecule has 1 amide bonds. The van der Waals surface area contributed by atoms with Gasteiger partial charge < -0.3 is 9.80 Å². The molecule has 96 valence electrons. The number of hydrogen-bond acceptors (Lipinski definition) is 3. The first-order valence-corrected chi connectivity index (χ1v) is 6.14. The van der Waals surface area contributed by atoms with Crippen molar-refractivity contribution in [2.24, 2.45) is 5.92 Å². The zero-order valence-electron chi connectivity index (χ0n) is 10.4. The van der Waals surface area contributed by atoms with Crippen LogP contribution in [0.3, 0.4) is 0 Å². The highest BCUT2D eigenvalue weighted by atomic mass is 35.5. The second-order valence-corrected chi connectivity index (χ2v) is 4.99. The molecule has 1 aliphatic heterocycles. The third-order valence-corrected chi connectivity index (χ3v) is 3.43. The van der Waals surface area contributed by atoms with E-state index < -0.39 is 5.24 Å². The van der Waals surface area contributed by atoms with E-state index in [1.165, 1.54) is 0 Å². The molecule has 1 unspecified atom stereocenters. The third-order valence-electron chi connectivity index (χ3n) is 3.12. The number of carbonyl (C=O) groups excluding carboxylic acids is 2. The number of carbonyl (C=O) groups is 2. The van der Waals surface area contributed by atoms with Gasteiger partial charge in [-0.3, -0.25) is 9.59 Å². The summed E-state index contributed by atoms with van der Waals surface area (Å²) in [5, 5.41) is -0.434. The standard InChI is InChI=1S/C13H15ClN2O2/c1-15(2)10-3-5-11(6-4-10)16-8-9(13(14)18)7-12(16)17/h3-6,9H,7-8H2,1-2H3. The third kappa shape index (κ3) is 2.48. The molecule has 1 saturated heterocycles. The summed E-state index contributed by atoms with van der Waals surface area (Å²) in [6, 6.07) is 7.65. The zero-order chi connectivity index (χ0) is 13.3. The van der Waals surface area contributed by atoms with Gasteiger partial charge in [0.15, 0.2) is 0 Å². The first kappa shape index (κ1) is 12.9. The predicted octanol–water partition coefficient (Wildman–Crippen LogP) is 1.87. The minimum absolute atomic E-state index is 0.0494. The van der Waals surface area contributed by atoms with Crippen molar-refractivity contribution < 1.29 is 9.59 Å². The summed E-state index contributed by atoms with van der Waals surface area (Å²) in [6.45, 7) is 0.377. The fraction of sp³-hybridized carbons (Fsp3) is 0.385. The van der Waals surface area contributed by atoms with Gasteiger partial charge in [0.1, 0.15) is 0 Å². The van der Waals surface area contributed by atoms with Gasteiger partial charge in [0.25, 0.3) is 0 Å². The van der Waals surface area contributed by atoms with Crippen LogP contribution in [0.1, 0.15) is 6.42 Å².